The molecule has 0 N–H and O–H groups in total. The topological polar surface area (TPSA) is 86.7 Å². The third-order valence-electron chi connectivity index (χ3n) is 5.86. The van der Waals surface area contributed by atoms with Crippen molar-refractivity contribution in [2.24, 2.45) is 0 Å². The number of hydrogen-bond donors (Lipinski definition) is 0. The van der Waals surface area contributed by atoms with Gasteiger partial charge in [0.05, 0.1) is 49.2 Å². The van der Waals surface area contributed by atoms with Crippen molar-refractivity contribution in [3.8, 4) is 0 Å². The molecule has 3 aromatic heterocycles. The first-order valence-corrected chi connectivity index (χ1v) is 12.5. The summed E-state index contributed by atoms with van der Waals surface area (Å²) < 4.78 is 17.5. The summed E-state index contributed by atoms with van der Waals surface area (Å²) in [6.45, 7) is 7.88. The molecular weight excluding hydrogens is 448 g/mol. The van der Waals surface area contributed by atoms with E-state index in [0.29, 0.717) is 32.0 Å². The lowest BCUT2D eigenvalue weighted by Crippen LogP contribution is -2.39. The zero-order valence-electron chi connectivity index (χ0n) is 18.5. The summed E-state index contributed by atoms with van der Waals surface area (Å²) in [6.07, 6.45) is 2.76. The van der Waals surface area contributed by atoms with E-state index >= 15 is 0 Å². The number of morpholine rings is 1. The van der Waals surface area contributed by atoms with Crippen LogP contribution in [-0.4, -0.2) is 65.7 Å². The molecule has 0 atom stereocenters. The zero-order chi connectivity index (χ0) is 22.3. The number of ether oxygens (including phenoxy) is 3. The molecule has 0 spiro atoms. The van der Waals surface area contributed by atoms with Crippen LogP contribution in [0.15, 0.2) is 11.4 Å². The van der Waals surface area contributed by atoms with Crippen LogP contribution in [0.3, 0.4) is 0 Å². The number of thiophene rings is 1. The molecule has 10 heteroatoms. The fourth-order valence-corrected chi connectivity index (χ4v) is 6.39. The van der Waals surface area contributed by atoms with Crippen molar-refractivity contribution >= 4 is 55.3 Å². The highest BCUT2D eigenvalue weighted by Gasteiger charge is 2.33. The summed E-state index contributed by atoms with van der Waals surface area (Å²) >= 11 is 3.19. The molecule has 5 heterocycles. The molecule has 32 heavy (non-hydrogen) atoms. The first-order chi connectivity index (χ1) is 15.5. The van der Waals surface area contributed by atoms with E-state index in [4.69, 9.17) is 19.2 Å². The molecule has 0 aromatic carbocycles. The summed E-state index contributed by atoms with van der Waals surface area (Å²) in [5, 5.41) is 2.00. The number of pyridine rings is 1. The number of hydrogen-bond acceptors (Lipinski definition) is 10. The normalized spacial score (nSPS) is 18.2. The Morgan fingerprint density at radius 3 is 2.88 bits per heavy atom. The quantitative estimate of drug-likeness (QED) is 0.313. The van der Waals surface area contributed by atoms with Crippen molar-refractivity contribution in [2.75, 3.05) is 44.1 Å². The van der Waals surface area contributed by atoms with E-state index in [-0.39, 0.29) is 11.6 Å². The second-order valence-electron chi connectivity index (χ2n) is 8.53. The Morgan fingerprint density at radius 1 is 1.28 bits per heavy atom. The Labute approximate surface area is 194 Å². The highest BCUT2D eigenvalue weighted by atomic mass is 32.2. The van der Waals surface area contributed by atoms with Crippen LogP contribution in [-0.2, 0) is 32.0 Å². The van der Waals surface area contributed by atoms with Gasteiger partial charge in [-0.2, -0.15) is 0 Å². The van der Waals surface area contributed by atoms with Crippen LogP contribution >= 0.6 is 23.1 Å². The summed E-state index contributed by atoms with van der Waals surface area (Å²) in [4.78, 5) is 29.1. The van der Waals surface area contributed by atoms with E-state index in [0.717, 1.165) is 56.4 Å². The monoisotopic (exact) mass is 474 g/mol. The number of rotatable bonds is 5. The second kappa shape index (κ2) is 8.74. The fraction of sp³-hybridized carbons (Fsp3) is 0.545. The highest BCUT2D eigenvalue weighted by Crippen LogP contribution is 2.44. The van der Waals surface area contributed by atoms with Crippen molar-refractivity contribution in [1.82, 2.24) is 15.0 Å². The number of carbonyl (C=O) groups excluding carboxylic acids is 1. The zero-order valence-corrected chi connectivity index (χ0v) is 20.1. The number of nitrogens with zero attached hydrogens (tertiary/aromatic N) is 4. The number of aromatic nitrogens is 3. The van der Waals surface area contributed by atoms with Gasteiger partial charge in [-0.1, -0.05) is 0 Å². The minimum Gasteiger partial charge on any atom is -0.469 e. The molecule has 0 amide bonds. The molecule has 0 radical (unpaired) electrons. The number of fused-ring (bicyclic) bond motifs is 5. The van der Waals surface area contributed by atoms with Crippen molar-refractivity contribution in [3.05, 3.63) is 17.5 Å². The summed E-state index contributed by atoms with van der Waals surface area (Å²) in [5.74, 6) is 1.40. The largest absolute Gasteiger partial charge is 0.469 e. The number of carbonyl (C=O) groups is 1. The molecule has 0 unspecified atom stereocenters. The lowest BCUT2D eigenvalue weighted by molar-refractivity contribution is -0.140. The lowest BCUT2D eigenvalue weighted by Gasteiger charge is -2.36. The number of thioether (sulfide) groups is 1. The molecule has 1 fully saturated rings. The smallest absolute Gasteiger partial charge is 0.306 e. The van der Waals surface area contributed by atoms with E-state index in [1.54, 1.807) is 29.4 Å². The van der Waals surface area contributed by atoms with Gasteiger partial charge in [0, 0.05) is 36.2 Å². The van der Waals surface area contributed by atoms with Gasteiger partial charge < -0.3 is 19.1 Å². The molecule has 2 aliphatic heterocycles. The van der Waals surface area contributed by atoms with Crippen LogP contribution in [0.2, 0.25) is 0 Å². The van der Waals surface area contributed by atoms with E-state index in [9.17, 15) is 4.79 Å². The molecule has 0 saturated carbocycles. The van der Waals surface area contributed by atoms with Gasteiger partial charge in [-0.05, 0) is 19.4 Å². The maximum Gasteiger partial charge on any atom is 0.306 e. The van der Waals surface area contributed by atoms with Crippen LogP contribution in [0.4, 0.5) is 5.82 Å². The maximum atomic E-state index is 11.5. The summed E-state index contributed by atoms with van der Waals surface area (Å²) in [7, 11) is 1.41. The SMILES string of the molecule is COC(=O)CCSc1ncnc2c1sc1nc(N3CCOCC3)c3c(c12)CC(C)(C)OC3. The molecule has 170 valence electrons. The Kier molecular flexibility index (Phi) is 5.96. The third kappa shape index (κ3) is 4.05. The lowest BCUT2D eigenvalue weighted by atomic mass is 9.90. The van der Waals surface area contributed by atoms with Crippen molar-refractivity contribution in [1.29, 1.82) is 0 Å². The minimum atomic E-state index is -0.247. The van der Waals surface area contributed by atoms with Gasteiger partial charge in [0.25, 0.3) is 0 Å². The number of methoxy groups -OCH3 is 1. The predicted octanol–water partition coefficient (Wildman–Crippen LogP) is 3.58. The van der Waals surface area contributed by atoms with Gasteiger partial charge in [0.1, 0.15) is 22.0 Å². The van der Waals surface area contributed by atoms with Crippen LogP contribution in [0, 0.1) is 0 Å². The van der Waals surface area contributed by atoms with Crippen LogP contribution < -0.4 is 4.90 Å². The summed E-state index contributed by atoms with van der Waals surface area (Å²) in [5.41, 5.74) is 3.14. The molecule has 3 aromatic rings. The van der Waals surface area contributed by atoms with Crippen LogP contribution in [0.1, 0.15) is 31.4 Å². The predicted molar refractivity (Wildman–Crippen MR) is 126 cm³/mol. The maximum absolute atomic E-state index is 11.5. The van der Waals surface area contributed by atoms with Crippen LogP contribution in [0.5, 0.6) is 0 Å². The Morgan fingerprint density at radius 2 is 2.09 bits per heavy atom. The average molecular weight is 475 g/mol. The van der Waals surface area contributed by atoms with E-state index in [2.05, 4.69) is 28.7 Å². The molecule has 1 saturated heterocycles. The standard InChI is InChI=1S/C22H26N4O4S2/c1-22(2)10-13-14(11-30-22)19(26-5-7-29-8-6-26)25-20-16(13)17-18(32-20)21(24-12-23-17)31-9-4-15(27)28-3/h12H,4-11H2,1-3H3. The molecule has 0 aliphatic carbocycles. The summed E-state index contributed by atoms with van der Waals surface area (Å²) in [6, 6.07) is 0. The molecule has 5 rings (SSSR count). The Hall–Kier alpha value is -2.01. The fourth-order valence-electron chi connectivity index (χ4n) is 4.24. The van der Waals surface area contributed by atoms with Gasteiger partial charge >= 0.3 is 5.97 Å². The molecule has 2 aliphatic rings. The molecule has 0 bridgehead atoms. The van der Waals surface area contributed by atoms with Gasteiger partial charge in [0.2, 0.25) is 0 Å². The Bertz CT molecular complexity index is 1170. The van der Waals surface area contributed by atoms with Gasteiger partial charge in [-0.3, -0.25) is 4.79 Å². The number of esters is 1. The molecule has 8 nitrogen and oxygen atoms in total. The average Bonchev–Trinajstić information content (AvgIpc) is 3.18. The minimum absolute atomic E-state index is 0.215. The Balaban J connectivity index is 1.64. The van der Waals surface area contributed by atoms with Crippen LogP contribution in [0.25, 0.3) is 20.4 Å². The van der Waals surface area contributed by atoms with E-state index in [1.807, 2.05) is 0 Å². The first kappa shape index (κ1) is 21.8. The second-order valence-corrected chi connectivity index (χ2v) is 10.6. The highest BCUT2D eigenvalue weighted by molar-refractivity contribution is 7.99. The van der Waals surface area contributed by atoms with Crippen molar-refractivity contribution in [3.63, 3.8) is 0 Å². The van der Waals surface area contributed by atoms with Gasteiger partial charge in [-0.25, -0.2) is 15.0 Å². The van der Waals surface area contributed by atoms with Crippen molar-refractivity contribution in [2.45, 2.75) is 43.9 Å². The third-order valence-corrected chi connectivity index (χ3v) is 8.06. The molecular formula is C22H26N4O4S2. The van der Waals surface area contributed by atoms with E-state index < -0.39 is 0 Å². The number of anilines is 1. The van der Waals surface area contributed by atoms with Crippen molar-refractivity contribution < 1.29 is 19.0 Å². The van der Waals surface area contributed by atoms with Gasteiger partial charge in [0.15, 0.2) is 0 Å². The van der Waals surface area contributed by atoms with E-state index in [1.165, 1.54) is 12.7 Å². The van der Waals surface area contributed by atoms with Gasteiger partial charge in [-0.15, -0.1) is 23.1 Å². The first-order valence-electron chi connectivity index (χ1n) is 10.7.